The summed E-state index contributed by atoms with van der Waals surface area (Å²) in [5.41, 5.74) is 6.43. The number of rotatable bonds is 7. The highest BCUT2D eigenvalue weighted by molar-refractivity contribution is 7.99. The topological polar surface area (TPSA) is 32.5 Å². The van der Waals surface area contributed by atoms with Gasteiger partial charge in [-0.1, -0.05) is 13.8 Å². The molecule has 0 unspecified atom stereocenters. The fraction of sp³-hybridized carbons (Fsp3) is 1.00. The Morgan fingerprint density at radius 1 is 1.17 bits per heavy atom. The molecule has 3 nitrogen and oxygen atoms in total. The molecular weight excluding hydrogens is 242 g/mol. The van der Waals surface area contributed by atoms with Crippen LogP contribution in [0.4, 0.5) is 0 Å². The maximum Gasteiger partial charge on any atom is 0.0348 e. The molecule has 1 aliphatic heterocycles. The Kier molecular flexibility index (Phi) is 6.99. The van der Waals surface area contributed by atoms with Gasteiger partial charge in [0.05, 0.1) is 0 Å². The molecule has 2 N–H and O–H groups in total. The van der Waals surface area contributed by atoms with Crippen molar-refractivity contribution in [3.63, 3.8) is 0 Å². The van der Waals surface area contributed by atoms with E-state index in [2.05, 4.69) is 49.5 Å². The molecule has 0 amide bonds. The lowest BCUT2D eigenvalue weighted by atomic mass is 9.89. The lowest BCUT2D eigenvalue weighted by Gasteiger charge is -2.47. The van der Waals surface area contributed by atoms with E-state index in [1.807, 2.05) is 0 Å². The molecule has 0 saturated carbocycles. The molecule has 1 heterocycles. The Labute approximate surface area is 117 Å². The summed E-state index contributed by atoms with van der Waals surface area (Å²) in [7, 11) is 4.30. The van der Waals surface area contributed by atoms with Crippen LogP contribution < -0.4 is 5.73 Å². The maximum atomic E-state index is 6.16. The summed E-state index contributed by atoms with van der Waals surface area (Å²) < 4.78 is 0. The summed E-state index contributed by atoms with van der Waals surface area (Å²) in [5.74, 6) is 3.26. The molecule has 1 aliphatic rings. The molecule has 0 aromatic carbocycles. The summed E-state index contributed by atoms with van der Waals surface area (Å²) in [5, 5.41) is 0. The Balaban J connectivity index is 2.70. The van der Waals surface area contributed by atoms with E-state index in [0.717, 1.165) is 19.6 Å². The molecule has 0 aromatic heterocycles. The fourth-order valence-corrected chi connectivity index (χ4v) is 3.94. The number of hydrogen-bond acceptors (Lipinski definition) is 4. The van der Waals surface area contributed by atoms with Gasteiger partial charge in [-0.25, -0.2) is 0 Å². The number of nitrogens with two attached hydrogens (primary N) is 1. The summed E-state index contributed by atoms with van der Waals surface area (Å²) in [6, 6.07) is 0. The van der Waals surface area contributed by atoms with E-state index < -0.39 is 0 Å². The third-order valence-corrected chi connectivity index (χ3v) is 4.86. The number of likely N-dealkylation sites (N-methyl/N-ethyl adjacent to an activating group) is 1. The normalized spacial score (nSPS) is 20.0. The summed E-state index contributed by atoms with van der Waals surface area (Å²) in [4.78, 5) is 4.95. The second-order valence-electron chi connectivity index (χ2n) is 6.18. The van der Waals surface area contributed by atoms with Crippen molar-refractivity contribution in [1.82, 2.24) is 9.80 Å². The minimum Gasteiger partial charge on any atom is -0.329 e. The second kappa shape index (κ2) is 7.73. The molecule has 1 saturated heterocycles. The Morgan fingerprint density at radius 3 is 2.22 bits per heavy atom. The van der Waals surface area contributed by atoms with Crippen molar-refractivity contribution in [2.45, 2.75) is 32.2 Å². The van der Waals surface area contributed by atoms with Crippen molar-refractivity contribution >= 4 is 11.8 Å². The third-order valence-electron chi connectivity index (χ3n) is 3.88. The van der Waals surface area contributed by atoms with Gasteiger partial charge in [0.1, 0.15) is 0 Å². The van der Waals surface area contributed by atoms with E-state index in [0.29, 0.717) is 5.92 Å². The molecule has 1 rings (SSSR count). The standard InChI is InChI=1S/C14H31N3S/c1-13(2)11-17(8-7-16(3)4)14(12-15)5-9-18-10-6-14/h13H,5-12,15H2,1-4H3. The number of nitrogens with zero attached hydrogens (tertiary/aromatic N) is 2. The van der Waals surface area contributed by atoms with Crippen LogP contribution in [0.1, 0.15) is 26.7 Å². The average molecular weight is 273 g/mol. The minimum absolute atomic E-state index is 0.269. The van der Waals surface area contributed by atoms with Crippen molar-refractivity contribution < 1.29 is 0 Å². The minimum atomic E-state index is 0.269. The SMILES string of the molecule is CC(C)CN(CCN(C)C)C1(CN)CCSCC1. The van der Waals surface area contributed by atoms with E-state index >= 15 is 0 Å². The number of thioether (sulfide) groups is 1. The van der Waals surface area contributed by atoms with Gasteiger partial charge in [-0.05, 0) is 44.4 Å². The monoisotopic (exact) mass is 273 g/mol. The van der Waals surface area contributed by atoms with Crippen LogP contribution >= 0.6 is 11.8 Å². The molecule has 0 aliphatic carbocycles. The predicted octanol–water partition coefficient (Wildman–Crippen LogP) is 1.73. The van der Waals surface area contributed by atoms with Gasteiger partial charge >= 0.3 is 0 Å². The van der Waals surface area contributed by atoms with Crippen molar-refractivity contribution in [3.05, 3.63) is 0 Å². The van der Waals surface area contributed by atoms with Gasteiger partial charge < -0.3 is 10.6 Å². The zero-order chi connectivity index (χ0) is 13.6. The van der Waals surface area contributed by atoms with E-state index in [-0.39, 0.29) is 5.54 Å². The number of hydrogen-bond donors (Lipinski definition) is 1. The van der Waals surface area contributed by atoms with Crippen LogP contribution in [0, 0.1) is 5.92 Å². The van der Waals surface area contributed by atoms with Crippen molar-refractivity contribution in [2.75, 3.05) is 51.8 Å². The summed E-state index contributed by atoms with van der Waals surface area (Å²) >= 11 is 2.08. The Hall–Kier alpha value is 0.230. The first kappa shape index (κ1) is 16.3. The van der Waals surface area contributed by atoms with Crippen LogP contribution in [0.2, 0.25) is 0 Å². The molecule has 0 radical (unpaired) electrons. The van der Waals surface area contributed by atoms with Crippen molar-refractivity contribution in [3.8, 4) is 0 Å². The molecule has 18 heavy (non-hydrogen) atoms. The largest absolute Gasteiger partial charge is 0.329 e. The molecule has 0 spiro atoms. The van der Waals surface area contributed by atoms with Gasteiger partial charge in [0.2, 0.25) is 0 Å². The molecule has 0 bridgehead atoms. The van der Waals surface area contributed by atoms with Gasteiger partial charge in [-0.3, -0.25) is 4.90 Å². The second-order valence-corrected chi connectivity index (χ2v) is 7.41. The summed E-state index contributed by atoms with van der Waals surface area (Å²) in [6.07, 6.45) is 2.52. The van der Waals surface area contributed by atoms with Crippen LogP contribution in [-0.2, 0) is 0 Å². The first-order valence-corrected chi connectivity index (χ1v) is 8.33. The average Bonchev–Trinajstić information content (AvgIpc) is 2.34. The predicted molar refractivity (Wildman–Crippen MR) is 83.3 cm³/mol. The maximum absolute atomic E-state index is 6.16. The van der Waals surface area contributed by atoms with E-state index in [1.165, 1.54) is 30.9 Å². The Morgan fingerprint density at radius 2 is 1.78 bits per heavy atom. The van der Waals surface area contributed by atoms with E-state index in [1.54, 1.807) is 0 Å². The van der Waals surface area contributed by atoms with Crippen LogP contribution in [0.25, 0.3) is 0 Å². The van der Waals surface area contributed by atoms with Crippen LogP contribution in [0.3, 0.4) is 0 Å². The molecule has 0 aromatic rings. The van der Waals surface area contributed by atoms with Crippen molar-refractivity contribution in [1.29, 1.82) is 0 Å². The lowest BCUT2D eigenvalue weighted by Crippen LogP contribution is -2.58. The Bertz CT molecular complexity index is 225. The first-order valence-electron chi connectivity index (χ1n) is 7.18. The zero-order valence-corrected chi connectivity index (χ0v) is 13.4. The van der Waals surface area contributed by atoms with Gasteiger partial charge in [-0.15, -0.1) is 0 Å². The van der Waals surface area contributed by atoms with Crippen LogP contribution in [0.5, 0.6) is 0 Å². The highest BCUT2D eigenvalue weighted by Gasteiger charge is 2.36. The van der Waals surface area contributed by atoms with Crippen LogP contribution in [-0.4, -0.2) is 67.1 Å². The molecule has 108 valence electrons. The van der Waals surface area contributed by atoms with Gasteiger partial charge in [0.15, 0.2) is 0 Å². The molecule has 4 heteroatoms. The van der Waals surface area contributed by atoms with Crippen molar-refractivity contribution in [2.24, 2.45) is 11.7 Å². The fourth-order valence-electron chi connectivity index (χ4n) is 2.68. The third kappa shape index (κ3) is 4.72. The van der Waals surface area contributed by atoms with E-state index in [9.17, 15) is 0 Å². The lowest BCUT2D eigenvalue weighted by molar-refractivity contribution is 0.0652. The summed E-state index contributed by atoms with van der Waals surface area (Å²) in [6.45, 7) is 8.88. The van der Waals surface area contributed by atoms with Gasteiger partial charge in [-0.2, -0.15) is 11.8 Å². The van der Waals surface area contributed by atoms with Gasteiger partial charge in [0.25, 0.3) is 0 Å². The van der Waals surface area contributed by atoms with Crippen LogP contribution in [0.15, 0.2) is 0 Å². The first-order chi connectivity index (χ1) is 8.50. The molecular formula is C14H31N3S. The quantitative estimate of drug-likeness (QED) is 0.766. The molecule has 0 atom stereocenters. The zero-order valence-electron chi connectivity index (χ0n) is 12.6. The highest BCUT2D eigenvalue weighted by atomic mass is 32.2. The highest BCUT2D eigenvalue weighted by Crippen LogP contribution is 2.32. The molecule has 1 fully saturated rings. The van der Waals surface area contributed by atoms with Gasteiger partial charge in [0, 0.05) is 31.7 Å². The van der Waals surface area contributed by atoms with E-state index in [4.69, 9.17) is 5.73 Å². The smallest absolute Gasteiger partial charge is 0.0348 e.